The van der Waals surface area contributed by atoms with Crippen molar-refractivity contribution < 1.29 is 19.1 Å². The average Bonchev–Trinajstić information content (AvgIpc) is 2.74. The van der Waals surface area contributed by atoms with Crippen molar-refractivity contribution >= 4 is 34.0 Å². The van der Waals surface area contributed by atoms with Crippen molar-refractivity contribution in [3.8, 4) is 11.5 Å². The number of aryl methyl sites for hydroxylation is 1. The molecule has 0 heterocycles. The smallest absolute Gasteiger partial charge is 0.343 e. The Morgan fingerprint density at radius 3 is 2.47 bits per heavy atom. The normalized spacial score (nSPS) is 10.6. The fourth-order valence-corrected chi connectivity index (χ4v) is 3.04. The summed E-state index contributed by atoms with van der Waals surface area (Å²) in [6.07, 6.45) is 1.48. The first kappa shape index (κ1) is 21.3. The number of benzene rings is 3. The molecule has 1 N–H and O–H groups in total. The first-order chi connectivity index (χ1) is 14.5. The minimum absolute atomic E-state index is 0.281. The molecule has 0 fully saturated rings. The number of nitrogens with one attached hydrogen (secondary N) is 1. The second-order valence-electron chi connectivity index (χ2n) is 6.38. The number of carbonyl (C=O) groups is 2. The Morgan fingerprint density at radius 2 is 1.73 bits per heavy atom. The molecule has 0 aliphatic rings. The maximum absolute atomic E-state index is 12.4. The van der Waals surface area contributed by atoms with E-state index in [1.807, 2.05) is 25.1 Å². The van der Waals surface area contributed by atoms with Crippen LogP contribution in [0, 0.1) is 6.92 Å². The van der Waals surface area contributed by atoms with Gasteiger partial charge in [0.25, 0.3) is 5.91 Å². The molecular weight excluding hydrogens is 448 g/mol. The third-order valence-electron chi connectivity index (χ3n) is 4.11. The van der Waals surface area contributed by atoms with Gasteiger partial charge < -0.3 is 9.47 Å². The van der Waals surface area contributed by atoms with Crippen LogP contribution in [0.2, 0.25) is 0 Å². The van der Waals surface area contributed by atoms with Gasteiger partial charge in [-0.1, -0.05) is 39.7 Å². The van der Waals surface area contributed by atoms with E-state index < -0.39 is 5.97 Å². The van der Waals surface area contributed by atoms with Crippen LogP contribution >= 0.6 is 15.9 Å². The van der Waals surface area contributed by atoms with Crippen LogP contribution in [0.25, 0.3) is 0 Å². The minimum atomic E-state index is -0.499. The second-order valence-corrected chi connectivity index (χ2v) is 7.29. The number of ether oxygens (including phenoxy) is 2. The number of hydrazone groups is 1. The quantitative estimate of drug-likeness (QED) is 0.246. The van der Waals surface area contributed by atoms with Crippen LogP contribution in [-0.4, -0.2) is 25.2 Å². The van der Waals surface area contributed by atoms with Gasteiger partial charge in [-0.05, 0) is 61.0 Å². The first-order valence-electron chi connectivity index (χ1n) is 9.02. The topological polar surface area (TPSA) is 77.0 Å². The van der Waals surface area contributed by atoms with Crippen LogP contribution in [0.3, 0.4) is 0 Å². The van der Waals surface area contributed by atoms with Crippen molar-refractivity contribution in [3.05, 3.63) is 93.5 Å². The summed E-state index contributed by atoms with van der Waals surface area (Å²) in [6, 6.07) is 19.1. The van der Waals surface area contributed by atoms with E-state index in [2.05, 4.69) is 26.5 Å². The second kappa shape index (κ2) is 9.84. The van der Waals surface area contributed by atoms with Crippen LogP contribution < -0.4 is 14.9 Å². The summed E-state index contributed by atoms with van der Waals surface area (Å²) in [5.41, 5.74) is 5.08. The predicted molar refractivity (Wildman–Crippen MR) is 118 cm³/mol. The molecule has 0 saturated carbocycles. The van der Waals surface area contributed by atoms with E-state index >= 15 is 0 Å². The molecule has 7 heteroatoms. The lowest BCUT2D eigenvalue weighted by molar-refractivity contribution is 0.0729. The van der Waals surface area contributed by atoms with E-state index in [1.165, 1.54) is 13.3 Å². The fraction of sp³-hybridized carbons (Fsp3) is 0.0870. The van der Waals surface area contributed by atoms with E-state index in [1.54, 1.807) is 48.5 Å². The maximum atomic E-state index is 12.4. The Balaban J connectivity index is 1.68. The highest BCUT2D eigenvalue weighted by Crippen LogP contribution is 2.28. The zero-order valence-electron chi connectivity index (χ0n) is 16.4. The summed E-state index contributed by atoms with van der Waals surface area (Å²) in [5, 5.41) is 3.98. The highest BCUT2D eigenvalue weighted by molar-refractivity contribution is 9.10. The summed E-state index contributed by atoms with van der Waals surface area (Å²) >= 11 is 3.33. The number of halogens is 1. The maximum Gasteiger partial charge on any atom is 0.343 e. The summed E-state index contributed by atoms with van der Waals surface area (Å²) in [4.78, 5) is 24.5. The van der Waals surface area contributed by atoms with Gasteiger partial charge in [0.2, 0.25) is 0 Å². The molecule has 0 saturated heterocycles. The zero-order valence-corrected chi connectivity index (χ0v) is 18.0. The van der Waals surface area contributed by atoms with Gasteiger partial charge in [-0.25, -0.2) is 10.2 Å². The Kier molecular flexibility index (Phi) is 6.98. The molecular formula is C23H19BrN2O4. The van der Waals surface area contributed by atoms with Gasteiger partial charge in [0.05, 0.1) is 18.9 Å². The summed E-state index contributed by atoms with van der Waals surface area (Å²) in [6.45, 7) is 1.91. The van der Waals surface area contributed by atoms with E-state index in [0.29, 0.717) is 22.4 Å². The zero-order chi connectivity index (χ0) is 21.5. The number of amides is 1. The van der Waals surface area contributed by atoms with Crippen LogP contribution in [0.1, 0.15) is 31.8 Å². The lowest BCUT2D eigenvalue weighted by Crippen LogP contribution is -2.17. The molecule has 0 bridgehead atoms. The fourth-order valence-electron chi connectivity index (χ4n) is 2.64. The average molecular weight is 467 g/mol. The molecule has 0 aromatic heterocycles. The van der Waals surface area contributed by atoms with Crippen molar-refractivity contribution in [3.63, 3.8) is 0 Å². The van der Waals surface area contributed by atoms with E-state index in [9.17, 15) is 9.59 Å². The third-order valence-corrected chi connectivity index (χ3v) is 4.60. The molecule has 1 amide bonds. The highest BCUT2D eigenvalue weighted by Gasteiger charge is 2.13. The molecule has 0 aliphatic carbocycles. The Morgan fingerprint density at radius 1 is 0.967 bits per heavy atom. The van der Waals surface area contributed by atoms with Gasteiger partial charge in [-0.15, -0.1) is 0 Å². The van der Waals surface area contributed by atoms with Gasteiger partial charge >= 0.3 is 5.97 Å². The molecule has 30 heavy (non-hydrogen) atoms. The van der Waals surface area contributed by atoms with Crippen LogP contribution in [-0.2, 0) is 0 Å². The molecule has 6 nitrogen and oxygen atoms in total. The lowest BCUT2D eigenvalue weighted by atomic mass is 10.1. The third kappa shape index (κ3) is 5.55. The van der Waals surface area contributed by atoms with Gasteiger partial charge in [0.15, 0.2) is 11.5 Å². The molecule has 3 aromatic rings. The first-order valence-corrected chi connectivity index (χ1v) is 9.81. The summed E-state index contributed by atoms with van der Waals surface area (Å²) in [7, 11) is 1.48. The van der Waals surface area contributed by atoms with Gasteiger partial charge in [-0.2, -0.15) is 5.10 Å². The van der Waals surface area contributed by atoms with Crippen LogP contribution in [0.4, 0.5) is 0 Å². The largest absolute Gasteiger partial charge is 0.493 e. The van der Waals surface area contributed by atoms with Crippen LogP contribution in [0.15, 0.2) is 76.3 Å². The van der Waals surface area contributed by atoms with Crippen LogP contribution in [0.5, 0.6) is 11.5 Å². The molecule has 0 unspecified atom stereocenters. The summed E-state index contributed by atoms with van der Waals surface area (Å²) < 4.78 is 11.5. The number of nitrogens with zero attached hydrogens (tertiary/aromatic N) is 1. The number of rotatable bonds is 6. The van der Waals surface area contributed by atoms with E-state index in [-0.39, 0.29) is 11.7 Å². The Hall–Kier alpha value is -3.45. The monoisotopic (exact) mass is 466 g/mol. The molecule has 0 spiro atoms. The van der Waals surface area contributed by atoms with Gasteiger partial charge in [0.1, 0.15) is 0 Å². The number of carbonyl (C=O) groups excluding carboxylic acids is 2. The Bertz CT molecular complexity index is 1110. The highest BCUT2D eigenvalue weighted by atomic mass is 79.9. The lowest BCUT2D eigenvalue weighted by Gasteiger charge is -2.10. The molecule has 3 rings (SSSR count). The SMILES string of the molecule is COc1cc(/C=N\NC(=O)c2cccc(C)c2)ccc1OC(=O)c1cccc(Br)c1. The number of methoxy groups -OCH3 is 1. The van der Waals surface area contributed by atoms with Crippen molar-refractivity contribution in [1.82, 2.24) is 5.43 Å². The number of hydrogen-bond acceptors (Lipinski definition) is 5. The Labute approximate surface area is 182 Å². The summed E-state index contributed by atoms with van der Waals surface area (Å²) in [5.74, 6) is -0.154. The molecule has 152 valence electrons. The van der Waals surface area contributed by atoms with Gasteiger partial charge in [-0.3, -0.25) is 4.79 Å². The number of hydrogen-bond donors (Lipinski definition) is 1. The number of esters is 1. The van der Waals surface area contributed by atoms with E-state index in [0.717, 1.165) is 10.0 Å². The van der Waals surface area contributed by atoms with E-state index in [4.69, 9.17) is 9.47 Å². The predicted octanol–water partition coefficient (Wildman–Crippen LogP) is 4.75. The van der Waals surface area contributed by atoms with Crippen molar-refractivity contribution in [1.29, 1.82) is 0 Å². The molecule has 0 radical (unpaired) electrons. The van der Waals surface area contributed by atoms with Crippen molar-refractivity contribution in [2.24, 2.45) is 5.10 Å². The molecule has 3 aromatic carbocycles. The molecule has 0 aliphatic heterocycles. The van der Waals surface area contributed by atoms with Crippen molar-refractivity contribution in [2.75, 3.05) is 7.11 Å². The van der Waals surface area contributed by atoms with Gasteiger partial charge in [0, 0.05) is 10.0 Å². The van der Waals surface area contributed by atoms with Crippen molar-refractivity contribution in [2.45, 2.75) is 6.92 Å². The molecule has 0 atom stereocenters. The minimum Gasteiger partial charge on any atom is -0.493 e. The standard InChI is InChI=1S/C23H19BrN2O4/c1-15-5-3-6-17(11-15)22(27)26-25-14-16-9-10-20(21(12-16)29-2)30-23(28)18-7-4-8-19(24)13-18/h3-14H,1-2H3,(H,26,27)/b25-14-.